The highest BCUT2D eigenvalue weighted by atomic mass is 35.5. The summed E-state index contributed by atoms with van der Waals surface area (Å²) in [5.41, 5.74) is 4.54. The van der Waals surface area contributed by atoms with E-state index in [1.54, 1.807) is 0 Å². The van der Waals surface area contributed by atoms with Crippen LogP contribution in [0.3, 0.4) is 0 Å². The average molecular weight is 323 g/mol. The van der Waals surface area contributed by atoms with Crippen molar-refractivity contribution in [3.05, 3.63) is 77.4 Å². The van der Waals surface area contributed by atoms with Crippen LogP contribution in [0.2, 0.25) is 0 Å². The van der Waals surface area contributed by atoms with Crippen LogP contribution in [0.4, 0.5) is 0 Å². The molecule has 0 unspecified atom stereocenters. The van der Waals surface area contributed by atoms with E-state index in [0.29, 0.717) is 0 Å². The fourth-order valence-corrected chi connectivity index (χ4v) is 3.37. The highest BCUT2D eigenvalue weighted by Crippen LogP contribution is 2.40. The van der Waals surface area contributed by atoms with Crippen molar-refractivity contribution < 1.29 is 9.31 Å². The number of rotatable bonds is 1. The molecule has 0 saturated carbocycles. The summed E-state index contributed by atoms with van der Waals surface area (Å²) >= 11 is 6.54. The second kappa shape index (κ2) is 5.71. The molecule has 0 N–H and O–H groups in total. The number of allylic oxidation sites excluding steroid dienone is 2. The number of fused-ring (bicyclic) bond motifs is 1. The number of hydrogen-bond donors (Lipinski definition) is 0. The first kappa shape index (κ1) is 14.3. The fourth-order valence-electron chi connectivity index (χ4n) is 3.09. The van der Waals surface area contributed by atoms with Gasteiger partial charge in [0.15, 0.2) is 0 Å². The van der Waals surface area contributed by atoms with E-state index in [4.69, 9.17) is 16.3 Å². The molecule has 2 heterocycles. The van der Waals surface area contributed by atoms with Crippen LogP contribution in [0.15, 0.2) is 66.2 Å². The molecule has 2 aliphatic rings. The SMILES string of the molecule is C[N+]1=C(Cl)/C(=C2\C=C(c3ccccc3)Oc3ccccc32)CC1. The minimum Gasteiger partial charge on any atom is -0.456 e. The number of para-hydroxylation sites is 1. The number of hydrogen-bond acceptors (Lipinski definition) is 1. The minimum atomic E-state index is 0.834. The molecule has 0 aromatic heterocycles. The van der Waals surface area contributed by atoms with Gasteiger partial charge >= 0.3 is 0 Å². The van der Waals surface area contributed by atoms with E-state index in [-0.39, 0.29) is 0 Å². The van der Waals surface area contributed by atoms with E-state index in [1.165, 1.54) is 11.1 Å². The van der Waals surface area contributed by atoms with Gasteiger partial charge in [0.05, 0.1) is 5.57 Å². The molecule has 3 heteroatoms. The molecule has 2 nitrogen and oxygen atoms in total. The monoisotopic (exact) mass is 322 g/mol. The van der Waals surface area contributed by atoms with Crippen LogP contribution >= 0.6 is 11.6 Å². The number of nitrogens with zero attached hydrogens (tertiary/aromatic N) is 1. The van der Waals surface area contributed by atoms with Crippen LogP contribution in [0.25, 0.3) is 11.3 Å². The Kier molecular flexibility index (Phi) is 3.55. The van der Waals surface area contributed by atoms with Crippen molar-refractivity contribution >= 4 is 28.1 Å². The van der Waals surface area contributed by atoms with Crippen molar-refractivity contribution in [2.45, 2.75) is 6.42 Å². The van der Waals surface area contributed by atoms with Gasteiger partial charge in [-0.3, -0.25) is 0 Å². The van der Waals surface area contributed by atoms with E-state index in [2.05, 4.69) is 28.9 Å². The maximum atomic E-state index is 6.54. The first-order valence-corrected chi connectivity index (χ1v) is 8.13. The van der Waals surface area contributed by atoms with E-state index < -0.39 is 0 Å². The number of halogens is 1. The third-order valence-electron chi connectivity index (χ3n) is 4.34. The first-order chi connectivity index (χ1) is 11.2. The summed E-state index contributed by atoms with van der Waals surface area (Å²) in [4.78, 5) is 0. The Labute approximate surface area is 141 Å². The third-order valence-corrected chi connectivity index (χ3v) is 4.85. The predicted octanol–water partition coefficient (Wildman–Crippen LogP) is 4.56. The molecule has 0 aliphatic carbocycles. The van der Waals surface area contributed by atoms with Gasteiger partial charge in [-0.25, -0.2) is 4.58 Å². The first-order valence-electron chi connectivity index (χ1n) is 7.75. The van der Waals surface area contributed by atoms with Gasteiger partial charge in [-0.05, 0) is 23.7 Å². The van der Waals surface area contributed by atoms with Crippen molar-refractivity contribution in [1.82, 2.24) is 0 Å². The Hall–Kier alpha value is -2.32. The molecule has 2 aliphatic heterocycles. The maximum absolute atomic E-state index is 6.54. The second-order valence-electron chi connectivity index (χ2n) is 5.83. The summed E-state index contributed by atoms with van der Waals surface area (Å²) in [5.74, 6) is 1.75. The number of benzene rings is 2. The normalized spacial score (nSPS) is 20.2. The summed E-state index contributed by atoms with van der Waals surface area (Å²) in [5, 5.41) is 0.834. The van der Waals surface area contributed by atoms with Crippen LogP contribution in [0.1, 0.15) is 17.5 Å². The van der Waals surface area contributed by atoms with E-state index in [1.807, 2.05) is 43.4 Å². The summed E-state index contributed by atoms with van der Waals surface area (Å²) in [6.45, 7) is 0.954. The van der Waals surface area contributed by atoms with Gasteiger partial charge in [-0.1, -0.05) is 48.5 Å². The average Bonchev–Trinajstić information content (AvgIpc) is 2.94. The molecule has 2 aromatic carbocycles. The van der Waals surface area contributed by atoms with Crippen molar-refractivity contribution in [3.8, 4) is 5.75 Å². The maximum Gasteiger partial charge on any atom is 0.273 e. The lowest BCUT2D eigenvalue weighted by atomic mass is 9.94. The largest absolute Gasteiger partial charge is 0.456 e. The summed E-state index contributed by atoms with van der Waals surface area (Å²) in [7, 11) is 2.03. The van der Waals surface area contributed by atoms with E-state index >= 15 is 0 Å². The van der Waals surface area contributed by atoms with Crippen molar-refractivity contribution in [2.75, 3.05) is 13.6 Å². The molecule has 0 spiro atoms. The van der Waals surface area contributed by atoms with Gasteiger partial charge in [0, 0.05) is 23.1 Å². The summed E-state index contributed by atoms with van der Waals surface area (Å²) < 4.78 is 8.23. The lowest BCUT2D eigenvalue weighted by molar-refractivity contribution is -0.486. The minimum absolute atomic E-state index is 0.834. The summed E-state index contributed by atoms with van der Waals surface area (Å²) in [6.07, 6.45) is 3.08. The Balaban J connectivity index is 1.93. The molecule has 23 heavy (non-hydrogen) atoms. The Morgan fingerprint density at radius 3 is 2.48 bits per heavy atom. The second-order valence-corrected chi connectivity index (χ2v) is 6.19. The molecular formula is C20H17ClNO+. The van der Waals surface area contributed by atoms with Crippen LogP contribution < -0.4 is 4.74 Å². The predicted molar refractivity (Wildman–Crippen MR) is 94.9 cm³/mol. The molecule has 0 fully saturated rings. The zero-order chi connectivity index (χ0) is 15.8. The number of ether oxygens (including phenoxy) is 1. The fraction of sp³-hybridized carbons (Fsp3) is 0.150. The Morgan fingerprint density at radius 2 is 1.74 bits per heavy atom. The Bertz CT molecular complexity index is 862. The van der Waals surface area contributed by atoms with Crippen LogP contribution in [-0.2, 0) is 0 Å². The molecule has 0 amide bonds. The van der Waals surface area contributed by atoms with Gasteiger partial charge in [-0.2, -0.15) is 0 Å². The van der Waals surface area contributed by atoms with Crippen molar-refractivity contribution in [3.63, 3.8) is 0 Å². The summed E-state index contributed by atoms with van der Waals surface area (Å²) in [6, 6.07) is 18.3. The smallest absolute Gasteiger partial charge is 0.273 e. The third kappa shape index (κ3) is 2.49. The van der Waals surface area contributed by atoms with Crippen molar-refractivity contribution in [2.24, 2.45) is 0 Å². The van der Waals surface area contributed by atoms with Gasteiger partial charge in [0.2, 0.25) is 0 Å². The zero-order valence-corrected chi connectivity index (χ0v) is 13.7. The molecule has 114 valence electrons. The quantitative estimate of drug-likeness (QED) is 0.701. The van der Waals surface area contributed by atoms with Gasteiger partial charge in [0.1, 0.15) is 25.1 Å². The van der Waals surface area contributed by atoms with E-state index in [9.17, 15) is 0 Å². The van der Waals surface area contributed by atoms with Gasteiger partial charge < -0.3 is 4.74 Å². The lowest BCUT2D eigenvalue weighted by Crippen LogP contribution is -2.07. The van der Waals surface area contributed by atoms with Gasteiger partial charge in [-0.15, -0.1) is 0 Å². The topological polar surface area (TPSA) is 12.2 Å². The lowest BCUT2D eigenvalue weighted by Gasteiger charge is -2.21. The molecule has 0 radical (unpaired) electrons. The van der Waals surface area contributed by atoms with Crippen molar-refractivity contribution in [1.29, 1.82) is 0 Å². The molecule has 0 atom stereocenters. The Morgan fingerprint density at radius 1 is 1.00 bits per heavy atom. The zero-order valence-electron chi connectivity index (χ0n) is 12.9. The molecule has 2 aromatic rings. The van der Waals surface area contributed by atoms with Crippen LogP contribution in [0, 0.1) is 0 Å². The molecular weight excluding hydrogens is 306 g/mol. The molecule has 0 saturated heterocycles. The molecule has 4 rings (SSSR count). The molecule has 0 bridgehead atoms. The highest BCUT2D eigenvalue weighted by Gasteiger charge is 2.29. The standard InChI is InChI=1S/C20H17ClNO/c1-22-12-11-16(20(22)21)17-13-19(14-7-3-2-4-8-14)23-18-10-6-5-9-15(17)18/h2-10,13H,11-12H2,1H3/q+1/b17-16+. The highest BCUT2D eigenvalue weighted by molar-refractivity contribution is 6.69. The van der Waals surface area contributed by atoms with Crippen LogP contribution in [-0.4, -0.2) is 23.3 Å². The van der Waals surface area contributed by atoms with E-state index in [0.717, 1.165) is 40.8 Å². The van der Waals surface area contributed by atoms with Crippen LogP contribution in [0.5, 0.6) is 5.75 Å². The van der Waals surface area contributed by atoms with Gasteiger partial charge in [0.25, 0.3) is 5.17 Å².